The molecule has 0 amide bonds. The lowest BCUT2D eigenvalue weighted by Gasteiger charge is -2.31. The van der Waals surface area contributed by atoms with Crippen molar-refractivity contribution in [3.05, 3.63) is 42.5 Å². The standard InChI is InChI=1S/C15H17N7O4S/c1-25-12-4-3-11(22-6-2-5-16-22)9-14(12)27(23,24)21-7-8-26-13(10-21)15-17-19-20-18-15/h2-6,9,13H,7-8,10H2,1H3,(H,17,18,19,20). The summed E-state index contributed by atoms with van der Waals surface area (Å²) in [5.74, 6) is 0.570. The van der Waals surface area contributed by atoms with Crippen LogP contribution < -0.4 is 4.74 Å². The molecule has 1 aliphatic heterocycles. The normalized spacial score (nSPS) is 18.5. The molecule has 1 aliphatic rings. The first kappa shape index (κ1) is 17.6. The van der Waals surface area contributed by atoms with Crippen LogP contribution in [0.25, 0.3) is 5.69 Å². The Morgan fingerprint density at radius 2 is 2.26 bits per heavy atom. The van der Waals surface area contributed by atoms with Crippen LogP contribution in [0.5, 0.6) is 5.75 Å². The van der Waals surface area contributed by atoms with E-state index in [9.17, 15) is 8.42 Å². The van der Waals surface area contributed by atoms with Crippen LogP contribution in [0, 0.1) is 0 Å². The van der Waals surface area contributed by atoms with Crippen LogP contribution in [0.2, 0.25) is 0 Å². The number of tetrazole rings is 1. The largest absolute Gasteiger partial charge is 0.495 e. The van der Waals surface area contributed by atoms with Crippen molar-refractivity contribution in [3.8, 4) is 11.4 Å². The van der Waals surface area contributed by atoms with Gasteiger partial charge in [0.1, 0.15) is 16.7 Å². The summed E-state index contributed by atoms with van der Waals surface area (Å²) in [5.41, 5.74) is 0.613. The summed E-state index contributed by atoms with van der Waals surface area (Å²) >= 11 is 0. The van der Waals surface area contributed by atoms with Gasteiger partial charge in [0.05, 0.1) is 19.4 Å². The predicted octanol–water partition coefficient (Wildman–Crippen LogP) is 0.156. The van der Waals surface area contributed by atoms with Crippen molar-refractivity contribution in [1.82, 2.24) is 34.7 Å². The van der Waals surface area contributed by atoms with Gasteiger partial charge in [0.25, 0.3) is 0 Å². The molecule has 0 saturated carbocycles. The van der Waals surface area contributed by atoms with E-state index >= 15 is 0 Å². The minimum Gasteiger partial charge on any atom is -0.495 e. The van der Waals surface area contributed by atoms with E-state index in [-0.39, 0.29) is 30.3 Å². The Morgan fingerprint density at radius 3 is 2.96 bits per heavy atom. The summed E-state index contributed by atoms with van der Waals surface area (Å²) in [6.07, 6.45) is 2.77. The second-order valence-corrected chi connectivity index (χ2v) is 7.68. The lowest BCUT2D eigenvalue weighted by atomic mass is 10.3. The molecule has 2 aromatic heterocycles. The minimum atomic E-state index is -3.84. The molecule has 27 heavy (non-hydrogen) atoms. The second kappa shape index (κ2) is 7.06. The van der Waals surface area contributed by atoms with Gasteiger partial charge in [0, 0.05) is 25.5 Å². The van der Waals surface area contributed by atoms with E-state index < -0.39 is 16.1 Å². The number of ether oxygens (including phenoxy) is 2. The molecule has 3 aromatic rings. The zero-order chi connectivity index (χ0) is 18.9. The number of aromatic amines is 1. The van der Waals surface area contributed by atoms with Crippen LogP contribution >= 0.6 is 0 Å². The molecule has 1 unspecified atom stereocenters. The molecule has 1 fully saturated rings. The highest BCUT2D eigenvalue weighted by Crippen LogP contribution is 2.31. The van der Waals surface area contributed by atoms with Gasteiger partial charge in [-0.25, -0.2) is 13.1 Å². The summed E-state index contributed by atoms with van der Waals surface area (Å²) in [6, 6.07) is 6.66. The monoisotopic (exact) mass is 391 g/mol. The molecule has 11 nitrogen and oxygen atoms in total. The van der Waals surface area contributed by atoms with E-state index in [2.05, 4.69) is 25.7 Å². The number of methoxy groups -OCH3 is 1. The lowest BCUT2D eigenvalue weighted by Crippen LogP contribution is -2.42. The van der Waals surface area contributed by atoms with Gasteiger partial charge in [-0.3, -0.25) is 0 Å². The Labute approximate surface area is 154 Å². The summed E-state index contributed by atoms with van der Waals surface area (Å²) in [5, 5.41) is 17.7. The zero-order valence-electron chi connectivity index (χ0n) is 14.4. The first-order valence-corrected chi connectivity index (χ1v) is 9.57. The van der Waals surface area contributed by atoms with Crippen molar-refractivity contribution in [2.75, 3.05) is 26.8 Å². The van der Waals surface area contributed by atoms with Crippen LogP contribution in [-0.4, -0.2) is 69.9 Å². The summed E-state index contributed by atoms with van der Waals surface area (Å²) < 4.78 is 40.4. The number of H-pyrrole nitrogens is 1. The van der Waals surface area contributed by atoms with Crippen LogP contribution in [0.15, 0.2) is 41.6 Å². The first-order chi connectivity index (χ1) is 13.1. The molecular formula is C15H17N7O4S. The number of nitrogens with one attached hydrogen (secondary N) is 1. The van der Waals surface area contributed by atoms with Crippen molar-refractivity contribution >= 4 is 10.0 Å². The number of nitrogens with zero attached hydrogens (tertiary/aromatic N) is 6. The molecule has 1 N–H and O–H groups in total. The van der Waals surface area contributed by atoms with E-state index in [1.54, 1.807) is 41.3 Å². The molecule has 0 spiro atoms. The third kappa shape index (κ3) is 3.29. The molecule has 0 bridgehead atoms. The van der Waals surface area contributed by atoms with Crippen molar-refractivity contribution in [1.29, 1.82) is 0 Å². The fourth-order valence-electron chi connectivity index (χ4n) is 2.88. The van der Waals surface area contributed by atoms with Gasteiger partial charge in [-0.1, -0.05) is 5.21 Å². The molecule has 1 saturated heterocycles. The van der Waals surface area contributed by atoms with Crippen molar-refractivity contribution in [3.63, 3.8) is 0 Å². The average molecular weight is 391 g/mol. The van der Waals surface area contributed by atoms with E-state index in [1.165, 1.54) is 11.4 Å². The van der Waals surface area contributed by atoms with Gasteiger partial charge >= 0.3 is 0 Å². The number of aromatic nitrogens is 6. The van der Waals surface area contributed by atoms with Gasteiger partial charge in [0.2, 0.25) is 15.8 Å². The number of hydrogen-bond acceptors (Lipinski definition) is 8. The van der Waals surface area contributed by atoms with Crippen LogP contribution in [0.1, 0.15) is 11.9 Å². The fraction of sp³-hybridized carbons (Fsp3) is 0.333. The van der Waals surface area contributed by atoms with Gasteiger partial charge in [-0.05, 0) is 24.3 Å². The van der Waals surface area contributed by atoms with Crippen LogP contribution in [0.4, 0.5) is 0 Å². The molecule has 3 heterocycles. The zero-order valence-corrected chi connectivity index (χ0v) is 15.2. The third-order valence-corrected chi connectivity index (χ3v) is 6.10. The first-order valence-electron chi connectivity index (χ1n) is 8.13. The van der Waals surface area contributed by atoms with Crippen LogP contribution in [0.3, 0.4) is 0 Å². The van der Waals surface area contributed by atoms with Crippen molar-refractivity contribution in [2.45, 2.75) is 11.0 Å². The summed E-state index contributed by atoms with van der Waals surface area (Å²) in [6.45, 7) is 0.516. The van der Waals surface area contributed by atoms with Gasteiger partial charge in [-0.2, -0.15) is 14.6 Å². The number of benzene rings is 1. The van der Waals surface area contributed by atoms with Crippen molar-refractivity contribution < 1.29 is 17.9 Å². The maximum absolute atomic E-state index is 13.3. The molecule has 142 valence electrons. The highest BCUT2D eigenvalue weighted by atomic mass is 32.2. The quantitative estimate of drug-likeness (QED) is 0.651. The maximum atomic E-state index is 13.3. The molecule has 12 heteroatoms. The predicted molar refractivity (Wildman–Crippen MR) is 91.7 cm³/mol. The Bertz CT molecular complexity index is 1000. The van der Waals surface area contributed by atoms with E-state index in [1.807, 2.05) is 0 Å². The number of rotatable bonds is 5. The Balaban J connectivity index is 1.69. The molecule has 4 rings (SSSR count). The highest BCUT2D eigenvalue weighted by Gasteiger charge is 2.35. The number of hydrogen-bond donors (Lipinski definition) is 1. The number of morpholine rings is 1. The van der Waals surface area contributed by atoms with Crippen LogP contribution in [-0.2, 0) is 14.8 Å². The molecule has 0 aliphatic carbocycles. The molecule has 0 radical (unpaired) electrons. The summed E-state index contributed by atoms with van der Waals surface area (Å²) in [7, 11) is -2.41. The maximum Gasteiger partial charge on any atom is 0.247 e. The Morgan fingerprint density at radius 1 is 1.37 bits per heavy atom. The summed E-state index contributed by atoms with van der Waals surface area (Å²) in [4.78, 5) is 0.0618. The topological polar surface area (TPSA) is 128 Å². The Hall–Kier alpha value is -2.83. The van der Waals surface area contributed by atoms with E-state index in [0.29, 0.717) is 11.5 Å². The van der Waals surface area contributed by atoms with Gasteiger partial charge < -0.3 is 9.47 Å². The van der Waals surface area contributed by atoms with Crippen molar-refractivity contribution in [2.24, 2.45) is 0 Å². The van der Waals surface area contributed by atoms with Gasteiger partial charge in [0.15, 0.2) is 0 Å². The Kier molecular flexibility index (Phi) is 4.59. The average Bonchev–Trinajstić information content (AvgIpc) is 3.41. The number of sulfonamides is 1. The molecule has 1 aromatic carbocycles. The SMILES string of the molecule is COc1ccc(-n2cccn2)cc1S(=O)(=O)N1CCOC(c2nn[nH]n2)C1. The van der Waals surface area contributed by atoms with E-state index in [4.69, 9.17) is 9.47 Å². The lowest BCUT2D eigenvalue weighted by molar-refractivity contribution is -0.00753. The van der Waals surface area contributed by atoms with E-state index in [0.717, 1.165) is 0 Å². The highest BCUT2D eigenvalue weighted by molar-refractivity contribution is 7.89. The second-order valence-electron chi connectivity index (χ2n) is 5.78. The fourth-order valence-corrected chi connectivity index (χ4v) is 4.48. The minimum absolute atomic E-state index is 0.0618. The van der Waals surface area contributed by atoms with Gasteiger partial charge in [-0.15, -0.1) is 10.2 Å². The smallest absolute Gasteiger partial charge is 0.247 e. The third-order valence-electron chi connectivity index (χ3n) is 4.21. The molecule has 1 atom stereocenters. The molecular weight excluding hydrogens is 374 g/mol.